The number of hydrogen-bond donors (Lipinski definition) is 0. The summed E-state index contributed by atoms with van der Waals surface area (Å²) in [5.74, 6) is 0.757. The second-order valence-corrected chi connectivity index (χ2v) is 7.41. The Kier molecular flexibility index (Phi) is 3.95. The van der Waals surface area contributed by atoms with E-state index in [0.29, 0.717) is 10.4 Å². The maximum absolute atomic E-state index is 10.9. The highest BCUT2D eigenvalue weighted by molar-refractivity contribution is 9.09. The fourth-order valence-electron chi connectivity index (χ4n) is 3.78. The average molecular weight is 354 g/mol. The summed E-state index contributed by atoms with van der Waals surface area (Å²) < 4.78 is 6.18. The van der Waals surface area contributed by atoms with Gasteiger partial charge in [-0.3, -0.25) is 10.1 Å². The zero-order valence-electron chi connectivity index (χ0n) is 12.2. The van der Waals surface area contributed by atoms with Crippen molar-refractivity contribution in [3.63, 3.8) is 0 Å². The second-order valence-electron chi connectivity index (χ2n) is 6.31. The van der Waals surface area contributed by atoms with Crippen LogP contribution in [0.5, 0.6) is 5.75 Å². The molecule has 2 unspecified atom stereocenters. The van der Waals surface area contributed by atoms with E-state index in [-0.39, 0.29) is 22.1 Å². The Bertz CT molecular complexity index is 554. The van der Waals surface area contributed by atoms with Gasteiger partial charge >= 0.3 is 0 Å². The molecule has 2 aliphatic carbocycles. The van der Waals surface area contributed by atoms with Crippen LogP contribution in [-0.4, -0.2) is 15.9 Å². The highest BCUT2D eigenvalue weighted by atomic mass is 79.9. The van der Waals surface area contributed by atoms with Gasteiger partial charge in [-0.2, -0.15) is 0 Å². The molecule has 114 valence electrons. The molecule has 1 aromatic rings. The summed E-state index contributed by atoms with van der Waals surface area (Å²) in [6.45, 7) is 1.76. The highest BCUT2D eigenvalue weighted by Gasteiger charge is 2.55. The number of nitro benzene ring substituents is 1. The van der Waals surface area contributed by atoms with E-state index in [1.807, 2.05) is 0 Å². The van der Waals surface area contributed by atoms with Crippen LogP contribution < -0.4 is 4.74 Å². The van der Waals surface area contributed by atoms with Crippen LogP contribution in [0.15, 0.2) is 18.2 Å². The van der Waals surface area contributed by atoms with Gasteiger partial charge in [0.15, 0.2) is 0 Å². The number of halogens is 1. The maximum Gasteiger partial charge on any atom is 0.272 e. The monoisotopic (exact) mass is 353 g/mol. The van der Waals surface area contributed by atoms with Crippen molar-refractivity contribution in [3.8, 4) is 5.75 Å². The average Bonchev–Trinajstić information content (AvgIpc) is 2.47. The molecule has 2 atom stereocenters. The van der Waals surface area contributed by atoms with Crippen molar-refractivity contribution in [1.29, 1.82) is 0 Å². The number of nitrogens with zero attached hydrogens (tertiary/aromatic N) is 1. The van der Waals surface area contributed by atoms with Crippen LogP contribution in [0.2, 0.25) is 0 Å². The molecule has 2 aliphatic rings. The number of hydrogen-bond acceptors (Lipinski definition) is 3. The van der Waals surface area contributed by atoms with Crippen LogP contribution >= 0.6 is 15.9 Å². The van der Waals surface area contributed by atoms with Crippen molar-refractivity contribution in [3.05, 3.63) is 33.9 Å². The third-order valence-corrected chi connectivity index (χ3v) is 6.40. The SMILES string of the molecule is Cc1cc(OC2CC(Br)C23CCCCC3)ccc1[N+](=O)[O-]. The van der Waals surface area contributed by atoms with Gasteiger partial charge in [0.2, 0.25) is 0 Å². The van der Waals surface area contributed by atoms with Gasteiger partial charge in [-0.1, -0.05) is 35.2 Å². The molecule has 5 heteroatoms. The third-order valence-electron chi connectivity index (χ3n) is 5.11. The molecule has 2 fully saturated rings. The van der Waals surface area contributed by atoms with Crippen LogP contribution in [0.3, 0.4) is 0 Å². The Morgan fingerprint density at radius 2 is 2.05 bits per heavy atom. The molecular weight excluding hydrogens is 334 g/mol. The standard InChI is InChI=1S/C16H20BrNO3/c1-11-9-12(5-6-13(11)18(19)20)21-15-10-14(17)16(15)7-3-2-4-8-16/h5-6,9,14-15H,2-4,7-8,10H2,1H3. The number of ether oxygens (including phenoxy) is 1. The summed E-state index contributed by atoms with van der Waals surface area (Å²) in [5.41, 5.74) is 1.08. The van der Waals surface area contributed by atoms with Gasteiger partial charge < -0.3 is 4.74 Å². The normalized spacial score (nSPS) is 27.1. The Morgan fingerprint density at radius 3 is 2.62 bits per heavy atom. The fraction of sp³-hybridized carbons (Fsp3) is 0.625. The Labute approximate surface area is 133 Å². The molecule has 0 bridgehead atoms. The molecule has 3 rings (SSSR count). The van der Waals surface area contributed by atoms with E-state index in [2.05, 4.69) is 15.9 Å². The molecule has 1 spiro atoms. The molecule has 21 heavy (non-hydrogen) atoms. The third kappa shape index (κ3) is 2.56. The van der Waals surface area contributed by atoms with Crippen molar-refractivity contribution in [1.82, 2.24) is 0 Å². The van der Waals surface area contributed by atoms with Crippen LogP contribution in [0.4, 0.5) is 5.69 Å². The predicted molar refractivity (Wildman–Crippen MR) is 85.1 cm³/mol. The Balaban J connectivity index is 1.75. The van der Waals surface area contributed by atoms with Gasteiger partial charge in [-0.05, 0) is 38.3 Å². The summed E-state index contributed by atoms with van der Waals surface area (Å²) in [6, 6.07) is 5.06. The van der Waals surface area contributed by atoms with Gasteiger partial charge in [0.1, 0.15) is 11.9 Å². The molecule has 0 N–H and O–H groups in total. The van der Waals surface area contributed by atoms with Gasteiger partial charge in [0.25, 0.3) is 5.69 Å². The lowest BCUT2D eigenvalue weighted by Gasteiger charge is -2.55. The molecule has 2 saturated carbocycles. The smallest absolute Gasteiger partial charge is 0.272 e. The van der Waals surface area contributed by atoms with Crippen molar-refractivity contribution in [2.75, 3.05) is 0 Å². The minimum absolute atomic E-state index is 0.154. The number of nitro groups is 1. The zero-order valence-corrected chi connectivity index (χ0v) is 13.8. The number of aryl methyl sites for hydroxylation is 1. The number of rotatable bonds is 3. The van der Waals surface area contributed by atoms with Crippen LogP contribution in [0.1, 0.15) is 44.1 Å². The first-order valence-electron chi connectivity index (χ1n) is 7.59. The van der Waals surface area contributed by atoms with Crippen molar-refractivity contribution in [2.45, 2.75) is 56.4 Å². The quantitative estimate of drug-likeness (QED) is 0.446. The van der Waals surface area contributed by atoms with Crippen molar-refractivity contribution < 1.29 is 9.66 Å². The first kappa shape index (κ1) is 14.8. The lowest BCUT2D eigenvalue weighted by molar-refractivity contribution is -0.385. The summed E-state index contributed by atoms with van der Waals surface area (Å²) in [7, 11) is 0. The maximum atomic E-state index is 10.9. The van der Waals surface area contributed by atoms with Gasteiger partial charge in [-0.25, -0.2) is 0 Å². The van der Waals surface area contributed by atoms with Crippen molar-refractivity contribution in [2.24, 2.45) is 5.41 Å². The molecule has 1 aromatic carbocycles. The summed E-state index contributed by atoms with van der Waals surface area (Å²) >= 11 is 3.81. The number of alkyl halides is 1. The summed E-state index contributed by atoms with van der Waals surface area (Å²) in [6.07, 6.45) is 7.59. The number of benzene rings is 1. The molecule has 0 aromatic heterocycles. The predicted octanol–water partition coefficient (Wildman–Crippen LogP) is 4.77. The van der Waals surface area contributed by atoms with Crippen LogP contribution in [0.25, 0.3) is 0 Å². The molecule has 0 heterocycles. The first-order valence-corrected chi connectivity index (χ1v) is 8.50. The minimum Gasteiger partial charge on any atom is -0.490 e. The van der Waals surface area contributed by atoms with Crippen molar-refractivity contribution >= 4 is 21.6 Å². The molecular formula is C16H20BrNO3. The van der Waals surface area contributed by atoms with Gasteiger partial charge in [0, 0.05) is 21.9 Å². The second kappa shape index (κ2) is 5.59. The lowest BCUT2D eigenvalue weighted by atomic mass is 9.58. The molecule has 0 amide bonds. The molecule has 0 radical (unpaired) electrons. The molecule has 0 saturated heterocycles. The van der Waals surface area contributed by atoms with E-state index in [1.54, 1.807) is 25.1 Å². The Morgan fingerprint density at radius 1 is 1.33 bits per heavy atom. The fourth-order valence-corrected chi connectivity index (χ4v) is 4.87. The Hall–Kier alpha value is -1.10. The van der Waals surface area contributed by atoms with Gasteiger partial charge in [0.05, 0.1) is 4.92 Å². The zero-order chi connectivity index (χ0) is 15.0. The first-order chi connectivity index (χ1) is 10.0. The van der Waals surface area contributed by atoms with Gasteiger partial charge in [-0.15, -0.1) is 0 Å². The van der Waals surface area contributed by atoms with E-state index in [9.17, 15) is 10.1 Å². The van der Waals surface area contributed by atoms with Crippen LogP contribution in [-0.2, 0) is 0 Å². The van der Waals surface area contributed by atoms with Crippen LogP contribution in [0, 0.1) is 22.5 Å². The molecule has 0 aliphatic heterocycles. The van der Waals surface area contributed by atoms with E-state index < -0.39 is 0 Å². The topological polar surface area (TPSA) is 52.4 Å². The highest BCUT2D eigenvalue weighted by Crippen LogP contribution is 2.56. The lowest BCUT2D eigenvalue weighted by Crippen LogP contribution is -2.57. The van der Waals surface area contributed by atoms with E-state index in [0.717, 1.165) is 12.2 Å². The molecule has 4 nitrogen and oxygen atoms in total. The summed E-state index contributed by atoms with van der Waals surface area (Å²) in [5, 5.41) is 10.9. The largest absolute Gasteiger partial charge is 0.490 e. The summed E-state index contributed by atoms with van der Waals surface area (Å²) in [4.78, 5) is 11.1. The minimum atomic E-state index is -0.348. The van der Waals surface area contributed by atoms with E-state index in [4.69, 9.17) is 4.74 Å². The van der Waals surface area contributed by atoms with E-state index in [1.165, 1.54) is 32.1 Å². The van der Waals surface area contributed by atoms with E-state index >= 15 is 0 Å².